The van der Waals surface area contributed by atoms with Crippen LogP contribution in [-0.2, 0) is 9.53 Å². The average molecular weight is 392 g/mol. The highest BCUT2D eigenvalue weighted by Crippen LogP contribution is 2.24. The van der Waals surface area contributed by atoms with E-state index in [4.69, 9.17) is 25.8 Å². The van der Waals surface area contributed by atoms with Gasteiger partial charge >= 0.3 is 5.97 Å². The third kappa shape index (κ3) is 5.72. The van der Waals surface area contributed by atoms with Crippen molar-refractivity contribution in [1.82, 2.24) is 5.32 Å². The number of hydrogen-bond donors (Lipinski definition) is 1. The molecule has 0 aliphatic rings. The zero-order valence-electron chi connectivity index (χ0n) is 14.8. The van der Waals surface area contributed by atoms with E-state index < -0.39 is 24.3 Å². The molecule has 0 fully saturated rings. The van der Waals surface area contributed by atoms with Gasteiger partial charge < -0.3 is 19.5 Å². The predicted molar refractivity (Wildman–Crippen MR) is 98.6 cm³/mol. The van der Waals surface area contributed by atoms with Crippen LogP contribution in [0.3, 0.4) is 0 Å². The molecule has 0 saturated heterocycles. The second-order valence-electron chi connectivity index (χ2n) is 5.34. The largest absolute Gasteiger partial charge is 0.497 e. The molecule has 0 aromatic heterocycles. The Hall–Kier alpha value is -3.06. The summed E-state index contributed by atoms with van der Waals surface area (Å²) in [4.78, 5) is 35.9. The molecule has 7 nitrogen and oxygen atoms in total. The maximum absolute atomic E-state index is 12.2. The lowest BCUT2D eigenvalue weighted by atomic mass is 10.1. The van der Waals surface area contributed by atoms with Gasteiger partial charge in [-0.05, 0) is 36.4 Å². The van der Waals surface area contributed by atoms with Gasteiger partial charge in [-0.25, -0.2) is 0 Å². The van der Waals surface area contributed by atoms with Crippen LogP contribution in [0.2, 0.25) is 5.02 Å². The Kier molecular flexibility index (Phi) is 7.19. The molecule has 0 saturated carbocycles. The van der Waals surface area contributed by atoms with E-state index in [1.165, 1.54) is 32.4 Å². The van der Waals surface area contributed by atoms with Crippen LogP contribution in [0.25, 0.3) is 0 Å². The number of esters is 1. The van der Waals surface area contributed by atoms with Crippen molar-refractivity contribution in [3.05, 3.63) is 58.6 Å². The van der Waals surface area contributed by atoms with E-state index in [0.29, 0.717) is 22.1 Å². The summed E-state index contributed by atoms with van der Waals surface area (Å²) in [5.74, 6) is -0.784. The second-order valence-corrected chi connectivity index (χ2v) is 5.78. The van der Waals surface area contributed by atoms with E-state index in [9.17, 15) is 14.4 Å². The number of methoxy groups -OCH3 is 2. The number of rotatable bonds is 8. The van der Waals surface area contributed by atoms with Gasteiger partial charge in [-0.3, -0.25) is 14.4 Å². The molecule has 8 heteroatoms. The van der Waals surface area contributed by atoms with Gasteiger partial charge in [0, 0.05) is 16.7 Å². The molecular weight excluding hydrogens is 374 g/mol. The van der Waals surface area contributed by atoms with Gasteiger partial charge in [0.2, 0.25) is 5.78 Å². The third-order valence-corrected chi connectivity index (χ3v) is 3.83. The standard InChI is InChI=1S/C19H18ClNO6/c1-25-14-7-8-15(17(9-14)26-2)16(22)11-27-18(23)10-21-19(24)12-3-5-13(20)6-4-12/h3-9H,10-11H2,1-2H3,(H,21,24). The number of carbonyl (C=O) groups is 3. The van der Waals surface area contributed by atoms with Gasteiger partial charge in [-0.2, -0.15) is 0 Å². The molecule has 142 valence electrons. The van der Waals surface area contributed by atoms with E-state index in [2.05, 4.69) is 5.32 Å². The second kappa shape index (κ2) is 9.59. The number of ether oxygens (including phenoxy) is 3. The molecule has 0 radical (unpaired) electrons. The Balaban J connectivity index is 1.85. The molecule has 0 atom stereocenters. The van der Waals surface area contributed by atoms with Crippen LogP contribution >= 0.6 is 11.6 Å². The van der Waals surface area contributed by atoms with Gasteiger partial charge in [0.15, 0.2) is 6.61 Å². The first-order valence-electron chi connectivity index (χ1n) is 7.89. The molecule has 0 unspecified atom stereocenters. The number of nitrogens with one attached hydrogen (secondary N) is 1. The van der Waals surface area contributed by atoms with Gasteiger partial charge in [0.25, 0.3) is 5.91 Å². The van der Waals surface area contributed by atoms with Crippen molar-refractivity contribution in [3.8, 4) is 11.5 Å². The van der Waals surface area contributed by atoms with Crippen LogP contribution in [0, 0.1) is 0 Å². The number of amides is 1. The van der Waals surface area contributed by atoms with Crippen LogP contribution in [0.1, 0.15) is 20.7 Å². The fraction of sp³-hybridized carbons (Fsp3) is 0.211. The lowest BCUT2D eigenvalue weighted by molar-refractivity contribution is -0.141. The van der Waals surface area contributed by atoms with Crippen molar-refractivity contribution >= 4 is 29.3 Å². The first-order chi connectivity index (χ1) is 12.9. The molecule has 1 amide bonds. The molecule has 27 heavy (non-hydrogen) atoms. The number of hydrogen-bond acceptors (Lipinski definition) is 6. The molecule has 0 aliphatic heterocycles. The topological polar surface area (TPSA) is 90.9 Å². The smallest absolute Gasteiger partial charge is 0.325 e. The molecule has 0 aliphatic carbocycles. The quantitative estimate of drug-likeness (QED) is 0.549. The van der Waals surface area contributed by atoms with Crippen LogP contribution in [0.4, 0.5) is 0 Å². The van der Waals surface area contributed by atoms with Crippen LogP contribution in [0.15, 0.2) is 42.5 Å². The highest BCUT2D eigenvalue weighted by atomic mass is 35.5. The predicted octanol–water partition coefficient (Wildman–Crippen LogP) is 2.51. The first kappa shape index (κ1) is 20.3. The van der Waals surface area contributed by atoms with Crippen molar-refractivity contribution in [3.63, 3.8) is 0 Å². The van der Waals surface area contributed by atoms with Crippen LogP contribution in [-0.4, -0.2) is 45.0 Å². The summed E-state index contributed by atoms with van der Waals surface area (Å²) in [5.41, 5.74) is 0.613. The van der Waals surface area contributed by atoms with Crippen molar-refractivity contribution in [1.29, 1.82) is 0 Å². The van der Waals surface area contributed by atoms with Crippen molar-refractivity contribution in [2.24, 2.45) is 0 Å². The zero-order chi connectivity index (χ0) is 19.8. The van der Waals surface area contributed by atoms with Crippen LogP contribution < -0.4 is 14.8 Å². The van der Waals surface area contributed by atoms with Gasteiger partial charge in [0.1, 0.15) is 18.0 Å². The molecule has 0 heterocycles. The molecule has 2 aromatic carbocycles. The summed E-state index contributed by atoms with van der Waals surface area (Å²) >= 11 is 5.75. The lowest BCUT2D eigenvalue weighted by Crippen LogP contribution is -2.31. The SMILES string of the molecule is COc1ccc(C(=O)COC(=O)CNC(=O)c2ccc(Cl)cc2)c(OC)c1. The number of halogens is 1. The summed E-state index contributed by atoms with van der Waals surface area (Å²) in [6.07, 6.45) is 0. The fourth-order valence-corrected chi connectivity index (χ4v) is 2.29. The monoisotopic (exact) mass is 391 g/mol. The van der Waals surface area contributed by atoms with Crippen molar-refractivity contribution in [2.75, 3.05) is 27.4 Å². The summed E-state index contributed by atoms with van der Waals surface area (Å²) < 4.78 is 15.1. The first-order valence-corrected chi connectivity index (χ1v) is 8.27. The number of Topliss-reactive ketones (excluding diaryl/α,β-unsaturated/α-hetero) is 1. The van der Waals surface area contributed by atoms with Gasteiger partial charge in [0.05, 0.1) is 19.8 Å². The minimum atomic E-state index is -0.738. The number of benzene rings is 2. The van der Waals surface area contributed by atoms with Crippen LogP contribution in [0.5, 0.6) is 11.5 Å². The summed E-state index contributed by atoms with van der Waals surface area (Å²) in [6, 6.07) is 10.9. The minimum Gasteiger partial charge on any atom is -0.497 e. The normalized spacial score (nSPS) is 10.0. The third-order valence-electron chi connectivity index (χ3n) is 3.57. The lowest BCUT2D eigenvalue weighted by Gasteiger charge is -2.10. The van der Waals surface area contributed by atoms with Gasteiger partial charge in [-0.1, -0.05) is 11.6 Å². The van der Waals surface area contributed by atoms with Crippen molar-refractivity contribution in [2.45, 2.75) is 0 Å². The van der Waals surface area contributed by atoms with Crippen molar-refractivity contribution < 1.29 is 28.6 Å². The molecule has 2 aromatic rings. The highest BCUT2D eigenvalue weighted by Gasteiger charge is 2.16. The van der Waals surface area contributed by atoms with Gasteiger partial charge in [-0.15, -0.1) is 0 Å². The number of carbonyl (C=O) groups excluding carboxylic acids is 3. The molecule has 0 spiro atoms. The Labute approximate surface area is 161 Å². The molecule has 0 bridgehead atoms. The molecular formula is C19H18ClNO6. The Bertz CT molecular complexity index is 835. The summed E-state index contributed by atoms with van der Waals surface area (Å²) in [6.45, 7) is -0.840. The maximum atomic E-state index is 12.2. The zero-order valence-corrected chi connectivity index (χ0v) is 15.5. The Morgan fingerprint density at radius 2 is 1.70 bits per heavy atom. The van der Waals surface area contributed by atoms with E-state index >= 15 is 0 Å². The summed E-state index contributed by atoms with van der Waals surface area (Å²) in [5, 5.41) is 2.91. The Morgan fingerprint density at radius 1 is 1.00 bits per heavy atom. The highest BCUT2D eigenvalue weighted by molar-refractivity contribution is 6.30. The fourth-order valence-electron chi connectivity index (χ4n) is 2.16. The van der Waals surface area contributed by atoms with E-state index in [0.717, 1.165) is 0 Å². The average Bonchev–Trinajstić information content (AvgIpc) is 2.70. The molecule has 1 N–H and O–H groups in total. The summed E-state index contributed by atoms with van der Waals surface area (Å²) in [7, 11) is 2.92. The Morgan fingerprint density at radius 3 is 2.33 bits per heavy atom. The minimum absolute atomic E-state index is 0.260. The van der Waals surface area contributed by atoms with E-state index in [1.54, 1.807) is 24.3 Å². The van der Waals surface area contributed by atoms with E-state index in [1.807, 2.05) is 0 Å². The maximum Gasteiger partial charge on any atom is 0.325 e. The van der Waals surface area contributed by atoms with E-state index in [-0.39, 0.29) is 12.1 Å². The number of ketones is 1. The molecule has 2 rings (SSSR count).